The van der Waals surface area contributed by atoms with Crippen molar-refractivity contribution in [3.05, 3.63) is 70.3 Å². The highest BCUT2D eigenvalue weighted by molar-refractivity contribution is 6.43. The van der Waals surface area contributed by atoms with E-state index in [1.807, 2.05) is 42.5 Å². The van der Waals surface area contributed by atoms with Crippen molar-refractivity contribution < 1.29 is 14.3 Å². The average molecular weight is 501 g/mol. The van der Waals surface area contributed by atoms with E-state index in [0.717, 1.165) is 18.4 Å². The number of hydrogen-bond donors (Lipinski definition) is 1. The molecule has 0 saturated carbocycles. The number of carbonyl (C=O) groups excluding carboxylic acids is 1. The largest absolute Gasteiger partial charge is 0.470 e. The van der Waals surface area contributed by atoms with E-state index >= 15 is 0 Å². The fourth-order valence-electron chi connectivity index (χ4n) is 3.88. The quantitative estimate of drug-likeness (QED) is 0.445. The molecule has 0 aliphatic carbocycles. The van der Waals surface area contributed by atoms with E-state index in [0.29, 0.717) is 59.3 Å². The van der Waals surface area contributed by atoms with Crippen molar-refractivity contribution in [3.8, 4) is 17.1 Å². The highest BCUT2D eigenvalue weighted by Gasteiger charge is 2.33. The number of halogens is 2. The predicted molar refractivity (Wildman–Crippen MR) is 133 cm³/mol. The summed E-state index contributed by atoms with van der Waals surface area (Å²) < 4.78 is 11.2. The molecule has 2 N–H and O–H groups in total. The van der Waals surface area contributed by atoms with Crippen LogP contribution in [0.2, 0.25) is 10.0 Å². The van der Waals surface area contributed by atoms with Crippen LogP contribution in [-0.4, -0.2) is 35.8 Å². The van der Waals surface area contributed by atoms with Gasteiger partial charge in [-0.2, -0.15) is 0 Å². The first-order valence-corrected chi connectivity index (χ1v) is 11.8. The Kier molecular flexibility index (Phi) is 7.44. The minimum atomic E-state index is -0.749. The average Bonchev–Trinajstić information content (AvgIpc) is 2.84. The molecule has 0 unspecified atom stereocenters. The summed E-state index contributed by atoms with van der Waals surface area (Å²) in [6.45, 7) is 4.17. The lowest BCUT2D eigenvalue weighted by atomic mass is 9.81. The van der Waals surface area contributed by atoms with Crippen LogP contribution in [0.3, 0.4) is 0 Å². The van der Waals surface area contributed by atoms with E-state index in [2.05, 4.69) is 11.8 Å². The molecule has 7 nitrogen and oxygen atoms in total. The Morgan fingerprint density at radius 2 is 1.85 bits per heavy atom. The lowest BCUT2D eigenvalue weighted by Gasteiger charge is -2.39. The zero-order valence-electron chi connectivity index (χ0n) is 18.8. The van der Waals surface area contributed by atoms with Crippen molar-refractivity contribution in [2.75, 3.05) is 24.6 Å². The standard InChI is InChI=1S/C25H26Cl2N4O3/c1-25(16-34-24(28)32)10-12-31(13-11-25)22-23(33-15-17-6-3-2-4-7-17)30-20(14-29-22)18-8-5-9-19(26)21(18)27/h2-9,14H,10-13,15-16H2,1H3,(H2,28,32). The normalized spacial score (nSPS) is 15.1. The molecule has 0 radical (unpaired) electrons. The van der Waals surface area contributed by atoms with Crippen LogP contribution in [0.1, 0.15) is 25.3 Å². The Bertz CT molecular complexity index is 1150. The number of aromatic nitrogens is 2. The van der Waals surface area contributed by atoms with Crippen molar-refractivity contribution >= 4 is 35.1 Å². The smallest absolute Gasteiger partial charge is 0.404 e. The van der Waals surface area contributed by atoms with E-state index in [1.54, 1.807) is 12.3 Å². The zero-order valence-corrected chi connectivity index (χ0v) is 20.4. The first-order chi connectivity index (χ1) is 16.3. The van der Waals surface area contributed by atoms with Gasteiger partial charge in [0, 0.05) is 24.1 Å². The SMILES string of the molecule is CC1(COC(N)=O)CCN(c2ncc(-c3cccc(Cl)c3Cl)nc2OCc2ccccc2)CC1. The van der Waals surface area contributed by atoms with Crippen LogP contribution in [0.15, 0.2) is 54.7 Å². The molecule has 1 aliphatic heterocycles. The molecule has 4 rings (SSSR count). The van der Waals surface area contributed by atoms with Crippen molar-refractivity contribution in [1.29, 1.82) is 0 Å². The third kappa shape index (κ3) is 5.72. The van der Waals surface area contributed by atoms with Gasteiger partial charge in [0.15, 0.2) is 5.82 Å². The molecule has 1 saturated heterocycles. The Balaban J connectivity index is 1.59. The number of nitrogens with two attached hydrogens (primary N) is 1. The maximum absolute atomic E-state index is 11.0. The number of carbonyl (C=O) groups is 1. The van der Waals surface area contributed by atoms with Crippen LogP contribution >= 0.6 is 23.2 Å². The van der Waals surface area contributed by atoms with E-state index in [1.165, 1.54) is 0 Å². The van der Waals surface area contributed by atoms with Crippen LogP contribution in [0.4, 0.5) is 10.6 Å². The van der Waals surface area contributed by atoms with E-state index < -0.39 is 6.09 Å². The van der Waals surface area contributed by atoms with Gasteiger partial charge in [0.05, 0.1) is 28.5 Å². The first-order valence-electron chi connectivity index (χ1n) is 11.0. The molecule has 0 bridgehead atoms. The highest BCUT2D eigenvalue weighted by Crippen LogP contribution is 2.38. The van der Waals surface area contributed by atoms with Gasteiger partial charge < -0.3 is 20.1 Å². The van der Waals surface area contributed by atoms with Gasteiger partial charge in [0.25, 0.3) is 5.88 Å². The van der Waals surface area contributed by atoms with Crippen molar-refractivity contribution in [1.82, 2.24) is 9.97 Å². The highest BCUT2D eigenvalue weighted by atomic mass is 35.5. The fraction of sp³-hybridized carbons (Fsp3) is 0.320. The second-order valence-electron chi connectivity index (χ2n) is 8.67. The van der Waals surface area contributed by atoms with Crippen molar-refractivity contribution in [2.24, 2.45) is 11.1 Å². The Hall–Kier alpha value is -3.03. The van der Waals surface area contributed by atoms with Crippen LogP contribution in [0.5, 0.6) is 5.88 Å². The van der Waals surface area contributed by atoms with Crippen molar-refractivity contribution in [2.45, 2.75) is 26.4 Å². The van der Waals surface area contributed by atoms with E-state index in [9.17, 15) is 4.79 Å². The van der Waals surface area contributed by atoms with Crippen LogP contribution in [-0.2, 0) is 11.3 Å². The number of piperidine rings is 1. The molecule has 3 aromatic rings. The molecule has 0 spiro atoms. The first kappa shape index (κ1) is 24.1. The molecule has 0 atom stereocenters. The molecule has 1 aliphatic rings. The van der Waals surface area contributed by atoms with Crippen LogP contribution in [0, 0.1) is 5.41 Å². The van der Waals surface area contributed by atoms with Gasteiger partial charge >= 0.3 is 6.09 Å². The maximum atomic E-state index is 11.0. The summed E-state index contributed by atoms with van der Waals surface area (Å²) in [7, 11) is 0. The van der Waals surface area contributed by atoms with E-state index in [-0.39, 0.29) is 5.41 Å². The summed E-state index contributed by atoms with van der Waals surface area (Å²) in [6.07, 6.45) is 2.55. The topological polar surface area (TPSA) is 90.6 Å². The number of amides is 1. The molecule has 1 fully saturated rings. The zero-order chi connectivity index (χ0) is 24.1. The van der Waals surface area contributed by atoms with Crippen LogP contribution in [0.25, 0.3) is 11.3 Å². The molecule has 1 amide bonds. The molecular formula is C25H26Cl2N4O3. The number of rotatable bonds is 7. The molecule has 2 heterocycles. The minimum absolute atomic E-state index is 0.141. The second kappa shape index (κ2) is 10.5. The van der Waals surface area contributed by atoms with Crippen LogP contribution < -0.4 is 15.4 Å². The molecule has 178 valence electrons. The fourth-order valence-corrected chi connectivity index (χ4v) is 4.28. The summed E-state index contributed by atoms with van der Waals surface area (Å²) in [5.74, 6) is 1.09. The van der Waals surface area contributed by atoms with Gasteiger partial charge in [-0.05, 0) is 24.5 Å². The maximum Gasteiger partial charge on any atom is 0.404 e. The molecule has 34 heavy (non-hydrogen) atoms. The summed E-state index contributed by atoms with van der Waals surface area (Å²) in [5.41, 5.74) is 7.30. The van der Waals surface area contributed by atoms with Gasteiger partial charge in [0.1, 0.15) is 6.61 Å². The second-order valence-corrected chi connectivity index (χ2v) is 9.45. The Morgan fingerprint density at radius 3 is 2.56 bits per heavy atom. The third-order valence-corrected chi connectivity index (χ3v) is 6.82. The molecule has 9 heteroatoms. The summed E-state index contributed by atoms with van der Waals surface area (Å²) in [4.78, 5) is 22.7. The predicted octanol–water partition coefficient (Wildman–Crippen LogP) is 5.73. The third-order valence-electron chi connectivity index (χ3n) is 6.00. The number of nitrogens with zero attached hydrogens (tertiary/aromatic N) is 3. The van der Waals surface area contributed by atoms with Crippen molar-refractivity contribution in [3.63, 3.8) is 0 Å². The monoisotopic (exact) mass is 500 g/mol. The van der Waals surface area contributed by atoms with Gasteiger partial charge in [-0.3, -0.25) is 0 Å². The molecule has 1 aromatic heterocycles. The number of hydrogen-bond acceptors (Lipinski definition) is 6. The minimum Gasteiger partial charge on any atom is -0.470 e. The summed E-state index contributed by atoms with van der Waals surface area (Å²) >= 11 is 12.6. The number of primary amides is 1. The lowest BCUT2D eigenvalue weighted by Crippen LogP contribution is -2.42. The molecular weight excluding hydrogens is 475 g/mol. The number of benzene rings is 2. The Morgan fingerprint density at radius 1 is 1.12 bits per heavy atom. The van der Waals surface area contributed by atoms with Gasteiger partial charge in [-0.25, -0.2) is 14.8 Å². The van der Waals surface area contributed by atoms with Gasteiger partial charge in [-0.15, -0.1) is 0 Å². The number of anilines is 1. The summed E-state index contributed by atoms with van der Waals surface area (Å²) in [6, 6.07) is 15.3. The summed E-state index contributed by atoms with van der Waals surface area (Å²) in [5, 5.41) is 0.869. The van der Waals surface area contributed by atoms with Gasteiger partial charge in [-0.1, -0.05) is 72.6 Å². The lowest BCUT2D eigenvalue weighted by molar-refractivity contribution is 0.0817. The Labute approximate surface area is 208 Å². The van der Waals surface area contributed by atoms with Gasteiger partial charge in [0.2, 0.25) is 0 Å². The van der Waals surface area contributed by atoms with E-state index in [4.69, 9.17) is 48.4 Å². The molecule has 2 aromatic carbocycles. The number of ether oxygens (including phenoxy) is 2.